The number of aromatic nitrogens is 2. The normalized spacial score (nSPS) is 14.9. The molecule has 0 spiro atoms. The molecule has 0 bridgehead atoms. The zero-order valence-corrected chi connectivity index (χ0v) is 14.8. The standard InChI is InChI=1S/C19H25N5O2/c20-7-12-26-17-3-1-15(2-4-17)13-19(25)23-16-5-10-24(11-6-16)18-14-21-8-9-22-18/h1-4,8-9,14,16H,5-7,10-13,20H2,(H,23,25). The largest absolute Gasteiger partial charge is 0.492 e. The SMILES string of the molecule is NCCOc1ccc(CC(=O)NC2CCN(c3cnccn3)CC2)cc1. The van der Waals surface area contributed by atoms with Crippen LogP contribution in [-0.4, -0.2) is 48.2 Å². The zero-order valence-electron chi connectivity index (χ0n) is 14.8. The summed E-state index contributed by atoms with van der Waals surface area (Å²) in [5.41, 5.74) is 6.39. The van der Waals surface area contributed by atoms with E-state index >= 15 is 0 Å². The number of hydrogen-bond donors (Lipinski definition) is 2. The molecule has 1 amide bonds. The third-order valence-electron chi connectivity index (χ3n) is 4.41. The van der Waals surface area contributed by atoms with Gasteiger partial charge in [0.25, 0.3) is 0 Å². The number of ether oxygens (including phenoxy) is 1. The molecule has 1 fully saturated rings. The van der Waals surface area contributed by atoms with Crippen LogP contribution in [-0.2, 0) is 11.2 Å². The fourth-order valence-corrected chi connectivity index (χ4v) is 3.05. The highest BCUT2D eigenvalue weighted by molar-refractivity contribution is 5.78. The third kappa shape index (κ3) is 5.16. The van der Waals surface area contributed by atoms with E-state index in [1.165, 1.54) is 0 Å². The smallest absolute Gasteiger partial charge is 0.224 e. The number of carbonyl (C=O) groups excluding carboxylic acids is 1. The van der Waals surface area contributed by atoms with Gasteiger partial charge in [-0.25, -0.2) is 4.98 Å². The fourth-order valence-electron chi connectivity index (χ4n) is 3.05. The molecule has 3 N–H and O–H groups in total. The van der Waals surface area contributed by atoms with Crippen molar-refractivity contribution in [3.8, 4) is 5.75 Å². The molecular formula is C19H25N5O2. The van der Waals surface area contributed by atoms with E-state index in [-0.39, 0.29) is 11.9 Å². The van der Waals surface area contributed by atoms with Crippen molar-refractivity contribution in [2.45, 2.75) is 25.3 Å². The molecule has 7 nitrogen and oxygen atoms in total. The van der Waals surface area contributed by atoms with Crippen LogP contribution in [0.3, 0.4) is 0 Å². The van der Waals surface area contributed by atoms with Crippen molar-refractivity contribution >= 4 is 11.7 Å². The molecule has 0 aliphatic carbocycles. The van der Waals surface area contributed by atoms with Crippen LogP contribution in [0.5, 0.6) is 5.75 Å². The van der Waals surface area contributed by atoms with Crippen molar-refractivity contribution in [2.24, 2.45) is 5.73 Å². The first-order valence-electron chi connectivity index (χ1n) is 8.97. The highest BCUT2D eigenvalue weighted by Gasteiger charge is 2.21. The molecule has 1 aliphatic heterocycles. The Hall–Kier alpha value is -2.67. The number of carbonyl (C=O) groups is 1. The van der Waals surface area contributed by atoms with Crippen molar-refractivity contribution in [1.82, 2.24) is 15.3 Å². The molecule has 0 atom stereocenters. The summed E-state index contributed by atoms with van der Waals surface area (Å²) < 4.78 is 5.44. The number of benzene rings is 1. The lowest BCUT2D eigenvalue weighted by atomic mass is 10.0. The van der Waals surface area contributed by atoms with Gasteiger partial charge in [0.2, 0.25) is 5.91 Å². The Morgan fingerprint density at radius 1 is 1.23 bits per heavy atom. The van der Waals surface area contributed by atoms with Gasteiger partial charge in [-0.05, 0) is 30.5 Å². The monoisotopic (exact) mass is 355 g/mol. The Morgan fingerprint density at radius 3 is 2.65 bits per heavy atom. The molecule has 1 aliphatic rings. The van der Waals surface area contributed by atoms with Crippen molar-refractivity contribution < 1.29 is 9.53 Å². The van der Waals surface area contributed by atoms with Crippen molar-refractivity contribution in [2.75, 3.05) is 31.1 Å². The second-order valence-electron chi connectivity index (χ2n) is 6.35. The van der Waals surface area contributed by atoms with Crippen LogP contribution < -0.4 is 20.7 Å². The van der Waals surface area contributed by atoms with E-state index < -0.39 is 0 Å². The Bertz CT molecular complexity index is 685. The highest BCUT2D eigenvalue weighted by Crippen LogP contribution is 2.17. The van der Waals surface area contributed by atoms with Crippen LogP contribution in [0.2, 0.25) is 0 Å². The van der Waals surface area contributed by atoms with Gasteiger partial charge in [0.05, 0.1) is 12.6 Å². The molecule has 2 aromatic rings. The molecule has 3 rings (SSSR count). The number of hydrogen-bond acceptors (Lipinski definition) is 6. The van der Waals surface area contributed by atoms with Gasteiger partial charge >= 0.3 is 0 Å². The molecule has 0 radical (unpaired) electrons. The first-order valence-corrected chi connectivity index (χ1v) is 8.97. The topological polar surface area (TPSA) is 93.4 Å². The van der Waals surface area contributed by atoms with Crippen LogP contribution in [0.25, 0.3) is 0 Å². The minimum atomic E-state index is 0.0542. The lowest BCUT2D eigenvalue weighted by Crippen LogP contribution is -2.45. The van der Waals surface area contributed by atoms with E-state index in [4.69, 9.17) is 10.5 Å². The van der Waals surface area contributed by atoms with E-state index in [0.29, 0.717) is 19.6 Å². The first kappa shape index (κ1) is 18.1. The second kappa shape index (κ2) is 9.15. The molecule has 1 saturated heterocycles. The predicted molar refractivity (Wildman–Crippen MR) is 100 cm³/mol. The molecule has 0 saturated carbocycles. The average Bonchev–Trinajstić information content (AvgIpc) is 2.69. The van der Waals surface area contributed by atoms with Crippen molar-refractivity contribution in [3.63, 3.8) is 0 Å². The maximum absolute atomic E-state index is 12.3. The summed E-state index contributed by atoms with van der Waals surface area (Å²) >= 11 is 0. The minimum Gasteiger partial charge on any atom is -0.492 e. The van der Waals surface area contributed by atoms with Gasteiger partial charge in [0.1, 0.15) is 18.2 Å². The zero-order chi connectivity index (χ0) is 18.2. The van der Waals surface area contributed by atoms with Crippen molar-refractivity contribution in [3.05, 3.63) is 48.4 Å². The number of nitrogens with one attached hydrogen (secondary N) is 1. The molecule has 26 heavy (non-hydrogen) atoms. The predicted octanol–water partition coefficient (Wildman–Crippen LogP) is 1.14. The molecule has 0 unspecified atom stereocenters. The summed E-state index contributed by atoms with van der Waals surface area (Å²) in [6, 6.07) is 7.79. The van der Waals surface area contributed by atoms with Gasteiger partial charge in [-0.15, -0.1) is 0 Å². The Kier molecular flexibility index (Phi) is 6.38. The summed E-state index contributed by atoms with van der Waals surface area (Å²) in [5.74, 6) is 1.73. The number of nitrogens with two attached hydrogens (primary N) is 1. The van der Waals surface area contributed by atoms with Gasteiger partial charge in [0, 0.05) is 38.1 Å². The number of rotatable bonds is 7. The minimum absolute atomic E-state index is 0.0542. The van der Waals surface area contributed by atoms with Crippen LogP contribution in [0.15, 0.2) is 42.9 Å². The quantitative estimate of drug-likeness (QED) is 0.774. The van der Waals surface area contributed by atoms with Crippen LogP contribution in [0.4, 0.5) is 5.82 Å². The molecule has 1 aromatic carbocycles. The van der Waals surface area contributed by atoms with Gasteiger partial charge in [-0.3, -0.25) is 9.78 Å². The van der Waals surface area contributed by atoms with Gasteiger partial charge in [0.15, 0.2) is 0 Å². The third-order valence-corrected chi connectivity index (χ3v) is 4.41. The maximum Gasteiger partial charge on any atom is 0.224 e. The summed E-state index contributed by atoms with van der Waals surface area (Å²) in [6.07, 6.45) is 7.35. The van der Waals surface area contributed by atoms with Crippen LogP contribution in [0.1, 0.15) is 18.4 Å². The van der Waals surface area contributed by atoms with E-state index in [2.05, 4.69) is 20.2 Å². The van der Waals surface area contributed by atoms with E-state index in [1.807, 2.05) is 24.3 Å². The van der Waals surface area contributed by atoms with Gasteiger partial charge in [-0.1, -0.05) is 12.1 Å². The fraction of sp³-hybridized carbons (Fsp3) is 0.421. The Labute approximate surface area is 153 Å². The summed E-state index contributed by atoms with van der Waals surface area (Å²) in [7, 11) is 0. The lowest BCUT2D eigenvalue weighted by molar-refractivity contribution is -0.121. The number of piperidine rings is 1. The summed E-state index contributed by atoms with van der Waals surface area (Å²) in [6.45, 7) is 2.72. The molecule has 2 heterocycles. The highest BCUT2D eigenvalue weighted by atomic mass is 16.5. The van der Waals surface area contributed by atoms with Gasteiger partial charge in [-0.2, -0.15) is 0 Å². The number of nitrogens with zero attached hydrogens (tertiary/aromatic N) is 3. The van der Waals surface area contributed by atoms with Crippen LogP contribution >= 0.6 is 0 Å². The summed E-state index contributed by atoms with van der Waals surface area (Å²) in [4.78, 5) is 22.9. The Morgan fingerprint density at radius 2 is 2.00 bits per heavy atom. The number of amides is 1. The maximum atomic E-state index is 12.3. The lowest BCUT2D eigenvalue weighted by Gasteiger charge is -2.32. The number of anilines is 1. The molecule has 1 aromatic heterocycles. The second-order valence-corrected chi connectivity index (χ2v) is 6.35. The molecular weight excluding hydrogens is 330 g/mol. The van der Waals surface area contributed by atoms with E-state index in [0.717, 1.165) is 43.1 Å². The summed E-state index contributed by atoms with van der Waals surface area (Å²) in [5, 5.41) is 3.14. The van der Waals surface area contributed by atoms with Crippen LogP contribution in [0, 0.1) is 0 Å². The first-order chi connectivity index (χ1) is 12.7. The molecule has 138 valence electrons. The average molecular weight is 355 g/mol. The van der Waals surface area contributed by atoms with E-state index in [1.54, 1.807) is 18.6 Å². The molecule has 7 heteroatoms. The van der Waals surface area contributed by atoms with Crippen molar-refractivity contribution in [1.29, 1.82) is 0 Å². The van der Waals surface area contributed by atoms with E-state index in [9.17, 15) is 4.79 Å². The van der Waals surface area contributed by atoms with Gasteiger partial charge < -0.3 is 20.7 Å². The Balaban J connectivity index is 1.43.